The number of ether oxygens (including phenoxy) is 2. The van der Waals surface area contributed by atoms with E-state index in [-0.39, 0.29) is 11.5 Å². The first-order valence-electron chi connectivity index (χ1n) is 13.7. The first kappa shape index (κ1) is 28.7. The van der Waals surface area contributed by atoms with Gasteiger partial charge in [-0.05, 0) is 77.5 Å². The van der Waals surface area contributed by atoms with Gasteiger partial charge in [0.25, 0.3) is 0 Å². The molecule has 1 saturated heterocycles. The third-order valence-corrected chi connectivity index (χ3v) is 7.09. The van der Waals surface area contributed by atoms with Gasteiger partial charge in [-0.1, -0.05) is 38.1 Å². The van der Waals surface area contributed by atoms with Crippen molar-refractivity contribution < 1.29 is 14.3 Å². The molecular formula is C30H42N6O3. The number of hydrogen-bond donors (Lipinski definition) is 1. The van der Waals surface area contributed by atoms with E-state index in [0.29, 0.717) is 5.82 Å². The molecule has 0 bridgehead atoms. The third-order valence-electron chi connectivity index (χ3n) is 7.09. The molecule has 1 fully saturated rings. The Labute approximate surface area is 231 Å². The van der Waals surface area contributed by atoms with Crippen molar-refractivity contribution in [3.05, 3.63) is 41.2 Å². The fraction of sp³-hybridized carbons (Fsp3) is 0.567. The zero-order valence-corrected chi connectivity index (χ0v) is 24.8. The highest BCUT2D eigenvalue weighted by atomic mass is 16.6. The van der Waals surface area contributed by atoms with Crippen LogP contribution in [0.2, 0.25) is 0 Å². The SMILES string of the molecule is Cc1nc(C)c(C(OC(C)(C)C)C(=O)OC(C)C)c(N2CCC(C)(C)CC2)c1-c1ccc(-c2nn[nH]n2)cc1. The first-order chi connectivity index (χ1) is 18.3. The highest BCUT2D eigenvalue weighted by Crippen LogP contribution is 2.45. The second-order valence-electron chi connectivity index (χ2n) is 12.5. The summed E-state index contributed by atoms with van der Waals surface area (Å²) in [5, 5.41) is 14.4. The van der Waals surface area contributed by atoms with E-state index in [2.05, 4.69) is 51.5 Å². The second-order valence-corrected chi connectivity index (χ2v) is 12.5. The molecule has 0 amide bonds. The van der Waals surface area contributed by atoms with Gasteiger partial charge in [0.1, 0.15) is 0 Å². The van der Waals surface area contributed by atoms with E-state index in [9.17, 15) is 4.79 Å². The Bertz CT molecular complexity index is 1280. The minimum absolute atomic E-state index is 0.262. The van der Waals surface area contributed by atoms with Crippen LogP contribution < -0.4 is 4.90 Å². The average molecular weight is 535 g/mol. The molecule has 1 unspecified atom stereocenters. The molecule has 4 rings (SSSR count). The van der Waals surface area contributed by atoms with Gasteiger partial charge in [-0.25, -0.2) is 4.79 Å². The number of aryl methyl sites for hydroxylation is 2. The van der Waals surface area contributed by atoms with Crippen LogP contribution in [0, 0.1) is 19.3 Å². The minimum Gasteiger partial charge on any atom is -0.461 e. The van der Waals surface area contributed by atoms with Gasteiger partial charge < -0.3 is 14.4 Å². The number of rotatable bonds is 7. The molecule has 9 heteroatoms. The number of carbonyl (C=O) groups excluding carboxylic acids is 1. The molecule has 3 aromatic rings. The number of carbonyl (C=O) groups is 1. The third kappa shape index (κ3) is 6.64. The van der Waals surface area contributed by atoms with Crippen molar-refractivity contribution >= 4 is 11.7 Å². The summed E-state index contributed by atoms with van der Waals surface area (Å²) in [7, 11) is 0. The van der Waals surface area contributed by atoms with Crippen molar-refractivity contribution in [2.45, 2.75) is 93.0 Å². The summed E-state index contributed by atoms with van der Waals surface area (Å²) in [6.07, 6.45) is 0.913. The highest BCUT2D eigenvalue weighted by Gasteiger charge is 2.37. The maximum Gasteiger partial charge on any atom is 0.340 e. The molecule has 210 valence electrons. The average Bonchev–Trinajstić information content (AvgIpc) is 3.37. The number of benzene rings is 1. The Balaban J connectivity index is 1.93. The van der Waals surface area contributed by atoms with Crippen LogP contribution in [0.25, 0.3) is 22.5 Å². The molecule has 1 aromatic carbocycles. The summed E-state index contributed by atoms with van der Waals surface area (Å²) in [5.74, 6) is 0.139. The monoisotopic (exact) mass is 534 g/mol. The van der Waals surface area contributed by atoms with E-state index >= 15 is 0 Å². The van der Waals surface area contributed by atoms with Crippen molar-refractivity contribution in [3.8, 4) is 22.5 Å². The molecule has 9 nitrogen and oxygen atoms in total. The molecule has 1 aliphatic rings. The van der Waals surface area contributed by atoms with Crippen molar-refractivity contribution in [3.63, 3.8) is 0 Å². The van der Waals surface area contributed by atoms with Crippen LogP contribution in [-0.2, 0) is 14.3 Å². The summed E-state index contributed by atoms with van der Waals surface area (Å²) >= 11 is 0. The lowest BCUT2D eigenvalue weighted by molar-refractivity contribution is -0.171. The molecule has 0 spiro atoms. The Kier molecular flexibility index (Phi) is 8.12. The standard InChI is InChI=1S/C30H42N6O3/c1-18(2)38-28(37)26(39-29(5,6)7)24-20(4)31-19(3)23(25(24)36-16-14-30(8,9)15-17-36)21-10-12-22(13-11-21)27-32-34-35-33-27/h10-13,18,26H,14-17H2,1-9H3,(H,32,33,34,35). The predicted molar refractivity (Wildman–Crippen MR) is 152 cm³/mol. The van der Waals surface area contributed by atoms with Gasteiger partial charge in [-0.3, -0.25) is 4.98 Å². The molecule has 1 aliphatic heterocycles. The largest absolute Gasteiger partial charge is 0.461 e. The summed E-state index contributed by atoms with van der Waals surface area (Å²) in [6.45, 7) is 20.0. The molecule has 0 saturated carbocycles. The zero-order chi connectivity index (χ0) is 28.5. The highest BCUT2D eigenvalue weighted by molar-refractivity contribution is 5.88. The van der Waals surface area contributed by atoms with E-state index in [0.717, 1.165) is 65.3 Å². The number of nitrogens with zero attached hydrogens (tertiary/aromatic N) is 5. The minimum atomic E-state index is -0.914. The van der Waals surface area contributed by atoms with Gasteiger partial charge in [0, 0.05) is 41.2 Å². The van der Waals surface area contributed by atoms with Crippen LogP contribution in [-0.4, -0.2) is 56.4 Å². The van der Waals surface area contributed by atoms with E-state index < -0.39 is 17.7 Å². The van der Waals surface area contributed by atoms with Gasteiger partial charge in [-0.2, -0.15) is 5.21 Å². The molecule has 39 heavy (non-hydrogen) atoms. The van der Waals surface area contributed by atoms with Gasteiger partial charge in [0.05, 0.1) is 17.4 Å². The molecule has 1 N–H and O–H groups in total. The van der Waals surface area contributed by atoms with Gasteiger partial charge in [-0.15, -0.1) is 10.2 Å². The predicted octanol–water partition coefficient (Wildman–Crippen LogP) is 5.98. The van der Waals surface area contributed by atoms with Gasteiger partial charge >= 0.3 is 5.97 Å². The molecule has 2 aromatic heterocycles. The normalized spacial score (nSPS) is 16.4. The second kappa shape index (κ2) is 11.0. The number of aromatic amines is 1. The van der Waals surface area contributed by atoms with Gasteiger partial charge in [0.15, 0.2) is 6.10 Å². The Hall–Kier alpha value is -3.33. The summed E-state index contributed by atoms with van der Waals surface area (Å²) in [5.41, 5.74) is 5.99. The smallest absolute Gasteiger partial charge is 0.340 e. The number of H-pyrrole nitrogens is 1. The Morgan fingerprint density at radius 3 is 2.18 bits per heavy atom. The fourth-order valence-corrected chi connectivity index (χ4v) is 5.11. The number of esters is 1. The number of nitrogens with one attached hydrogen (secondary N) is 1. The van der Waals surface area contributed by atoms with Crippen molar-refractivity contribution in [1.29, 1.82) is 0 Å². The topological polar surface area (TPSA) is 106 Å². The number of hydrogen-bond acceptors (Lipinski definition) is 8. The number of aromatic nitrogens is 5. The molecule has 0 radical (unpaired) electrons. The van der Waals surface area contributed by atoms with Crippen LogP contribution in [0.15, 0.2) is 24.3 Å². The zero-order valence-electron chi connectivity index (χ0n) is 24.8. The van der Waals surface area contributed by atoms with Crippen molar-refractivity contribution in [2.24, 2.45) is 5.41 Å². The van der Waals surface area contributed by atoms with E-state index in [1.54, 1.807) is 0 Å². The lowest BCUT2D eigenvalue weighted by Gasteiger charge is -2.41. The van der Waals surface area contributed by atoms with Crippen LogP contribution in [0.5, 0.6) is 0 Å². The number of tetrazole rings is 1. The van der Waals surface area contributed by atoms with Crippen molar-refractivity contribution in [1.82, 2.24) is 25.6 Å². The fourth-order valence-electron chi connectivity index (χ4n) is 5.11. The maximum atomic E-state index is 13.6. The van der Waals surface area contributed by atoms with Crippen LogP contribution in [0.4, 0.5) is 5.69 Å². The van der Waals surface area contributed by atoms with Gasteiger partial charge in [0.2, 0.25) is 5.82 Å². The van der Waals surface area contributed by atoms with Crippen LogP contribution in [0.1, 0.15) is 84.4 Å². The first-order valence-corrected chi connectivity index (χ1v) is 13.7. The van der Waals surface area contributed by atoms with E-state index in [1.807, 2.05) is 60.6 Å². The Morgan fingerprint density at radius 2 is 1.64 bits per heavy atom. The molecular weight excluding hydrogens is 492 g/mol. The number of pyridine rings is 1. The maximum absolute atomic E-state index is 13.6. The van der Waals surface area contributed by atoms with E-state index in [4.69, 9.17) is 14.5 Å². The molecule has 3 heterocycles. The lowest BCUT2D eigenvalue weighted by atomic mass is 9.81. The van der Waals surface area contributed by atoms with Crippen molar-refractivity contribution in [2.75, 3.05) is 18.0 Å². The van der Waals surface area contributed by atoms with Crippen LogP contribution >= 0.6 is 0 Å². The summed E-state index contributed by atoms with van der Waals surface area (Å²) < 4.78 is 12.2. The number of piperidine rings is 1. The molecule has 0 aliphatic carbocycles. The Morgan fingerprint density at radius 1 is 1.03 bits per heavy atom. The van der Waals surface area contributed by atoms with Crippen LogP contribution in [0.3, 0.4) is 0 Å². The summed E-state index contributed by atoms with van der Waals surface area (Å²) in [6, 6.07) is 8.08. The molecule has 1 atom stereocenters. The quantitative estimate of drug-likeness (QED) is 0.369. The summed E-state index contributed by atoms with van der Waals surface area (Å²) in [4.78, 5) is 21.0. The lowest BCUT2D eigenvalue weighted by Crippen LogP contribution is -2.39. The number of anilines is 1. The van der Waals surface area contributed by atoms with E-state index in [1.165, 1.54) is 0 Å².